The second-order valence-corrected chi connectivity index (χ2v) is 3.19. The summed E-state index contributed by atoms with van der Waals surface area (Å²) in [5, 5.41) is 19.9. The van der Waals surface area contributed by atoms with Gasteiger partial charge in [0.15, 0.2) is 0 Å². The number of hydrogen-bond donors (Lipinski definition) is 5. The molecule has 0 fully saturated rings. The highest BCUT2D eigenvalue weighted by atomic mass is 32.2. The van der Waals surface area contributed by atoms with Gasteiger partial charge in [-0.25, -0.2) is 5.14 Å². The van der Waals surface area contributed by atoms with Crippen molar-refractivity contribution in [3.05, 3.63) is 0 Å². The molecular formula is C5H14N2O7S. The number of carboxylic acid groups (broad SMARTS) is 2. The fraction of sp³-hybridized carbons (Fsp3) is 0.600. The number of carbonyl (C=O) groups is 2. The third kappa shape index (κ3) is 65.1. The molecule has 0 radical (unpaired) electrons. The van der Waals surface area contributed by atoms with Gasteiger partial charge >= 0.3 is 22.2 Å². The van der Waals surface area contributed by atoms with E-state index in [0.717, 1.165) is 0 Å². The van der Waals surface area contributed by atoms with Gasteiger partial charge in [0.25, 0.3) is 0 Å². The lowest BCUT2D eigenvalue weighted by atomic mass is 10.2. The van der Waals surface area contributed by atoms with Crippen LogP contribution < -0.4 is 11.3 Å². The molecule has 0 heterocycles. The number of aliphatic carboxylic acids is 2. The van der Waals surface area contributed by atoms with E-state index >= 15 is 0 Å². The van der Waals surface area contributed by atoms with Gasteiger partial charge in [-0.15, -0.1) is 0 Å². The van der Waals surface area contributed by atoms with Crippen molar-refractivity contribution >= 4 is 22.2 Å². The Bertz CT molecular complexity index is 264. The molecule has 0 aromatic rings. The van der Waals surface area contributed by atoms with Crippen molar-refractivity contribution in [3.63, 3.8) is 0 Å². The summed E-state index contributed by atoms with van der Waals surface area (Å²) in [6, 6.07) is 0. The van der Waals surface area contributed by atoms with Gasteiger partial charge in [0, 0.05) is 12.8 Å². The fourth-order valence-corrected chi connectivity index (χ4v) is 0.391. The van der Waals surface area contributed by atoms with Crippen molar-refractivity contribution < 1.29 is 32.8 Å². The van der Waals surface area contributed by atoms with Crippen LogP contribution in [-0.4, -0.2) is 35.1 Å². The maximum atomic E-state index is 9.79. The van der Waals surface area contributed by atoms with Crippen LogP contribution in [0.25, 0.3) is 0 Å². The average Bonchev–Trinajstić information content (AvgIpc) is 1.80. The van der Waals surface area contributed by atoms with Crippen molar-refractivity contribution in [1.29, 1.82) is 0 Å². The molecule has 0 aromatic heterocycles. The van der Waals surface area contributed by atoms with E-state index in [1.165, 1.54) is 0 Å². The normalized spacial score (nSPS) is 9.20. The molecule has 0 aliphatic rings. The summed E-state index contributed by atoms with van der Waals surface area (Å²) >= 11 is 0. The first-order valence-electron chi connectivity index (χ1n) is 3.31. The molecule has 0 unspecified atom stereocenters. The largest absolute Gasteiger partial charge is 0.481 e. The molecule has 0 amide bonds. The Kier molecular flexibility index (Phi) is 12.0. The molecule has 0 bridgehead atoms. The predicted octanol–water partition coefficient (Wildman–Crippen LogP) is -0.764. The lowest BCUT2D eigenvalue weighted by molar-refractivity contribution is -0.138. The molecule has 0 atom stereocenters. The smallest absolute Gasteiger partial charge is 0.330 e. The lowest BCUT2D eigenvalue weighted by Gasteiger charge is -1.89. The van der Waals surface area contributed by atoms with Gasteiger partial charge in [-0.05, 0) is 6.42 Å². The second kappa shape index (κ2) is 9.33. The topological polar surface area (TPSA) is 190 Å². The Hall–Kier alpha value is -1.23. The van der Waals surface area contributed by atoms with Gasteiger partial charge in [0.05, 0.1) is 0 Å². The predicted molar refractivity (Wildman–Crippen MR) is 49.9 cm³/mol. The Labute approximate surface area is 86.4 Å². The Morgan fingerprint density at radius 2 is 1.27 bits per heavy atom. The molecule has 0 spiro atoms. The minimum absolute atomic E-state index is 0. The van der Waals surface area contributed by atoms with Crippen LogP contribution in [0.2, 0.25) is 0 Å². The summed E-state index contributed by atoms with van der Waals surface area (Å²) in [5.74, 6) is -1.90. The van der Waals surface area contributed by atoms with Crippen LogP contribution in [0, 0.1) is 0 Å². The summed E-state index contributed by atoms with van der Waals surface area (Å²) in [7, 11) is -4.17. The van der Waals surface area contributed by atoms with Gasteiger partial charge in [-0.2, -0.15) is 8.42 Å². The maximum Gasteiger partial charge on any atom is 0.330 e. The van der Waals surface area contributed by atoms with Crippen molar-refractivity contribution in [2.45, 2.75) is 19.3 Å². The molecule has 15 heavy (non-hydrogen) atoms. The summed E-state index contributed by atoms with van der Waals surface area (Å²) in [4.78, 5) is 19.6. The SMILES string of the molecule is N.NS(=O)(=O)O.O=C(O)CCCC(=O)O. The van der Waals surface area contributed by atoms with E-state index in [2.05, 4.69) is 5.14 Å². The number of rotatable bonds is 4. The quantitative estimate of drug-likeness (QED) is 0.399. The van der Waals surface area contributed by atoms with Gasteiger partial charge in [-0.3, -0.25) is 14.1 Å². The molecule has 0 rings (SSSR count). The summed E-state index contributed by atoms with van der Waals surface area (Å²) < 4.78 is 25.2. The van der Waals surface area contributed by atoms with Gasteiger partial charge in [0.1, 0.15) is 0 Å². The molecule has 92 valence electrons. The first-order valence-corrected chi connectivity index (χ1v) is 4.82. The molecule has 0 aliphatic heterocycles. The van der Waals surface area contributed by atoms with E-state index in [9.17, 15) is 9.59 Å². The second-order valence-electron chi connectivity index (χ2n) is 2.16. The molecule has 8 N–H and O–H groups in total. The lowest BCUT2D eigenvalue weighted by Crippen LogP contribution is -2.08. The standard InChI is InChI=1S/C5H8O4.H3NO3S.H3N/c6-4(7)2-1-3-5(8)9;1-5(2,3)4;/h1-3H2,(H,6,7)(H,8,9);(H3,1,2,3,4);1H3. The van der Waals surface area contributed by atoms with E-state index in [4.69, 9.17) is 23.2 Å². The first kappa shape index (κ1) is 19.4. The summed E-state index contributed by atoms with van der Waals surface area (Å²) in [5.41, 5.74) is 0. The van der Waals surface area contributed by atoms with Crippen LogP contribution in [0.3, 0.4) is 0 Å². The number of nitrogens with two attached hydrogens (primary N) is 1. The summed E-state index contributed by atoms with van der Waals surface area (Å²) in [6.45, 7) is 0. The average molecular weight is 246 g/mol. The molecule has 0 aromatic carbocycles. The van der Waals surface area contributed by atoms with Crippen LogP contribution in [-0.2, 0) is 19.9 Å². The monoisotopic (exact) mass is 246 g/mol. The number of hydrogen-bond acceptors (Lipinski definition) is 5. The van der Waals surface area contributed by atoms with Crippen LogP contribution in [0.1, 0.15) is 19.3 Å². The zero-order valence-corrected chi connectivity index (χ0v) is 8.61. The van der Waals surface area contributed by atoms with Gasteiger partial charge in [0.2, 0.25) is 0 Å². The van der Waals surface area contributed by atoms with Crippen LogP contribution >= 0.6 is 0 Å². The van der Waals surface area contributed by atoms with Crippen LogP contribution in [0.4, 0.5) is 0 Å². The van der Waals surface area contributed by atoms with Crippen molar-refractivity contribution in [2.24, 2.45) is 5.14 Å². The minimum atomic E-state index is -4.17. The molecule has 0 saturated carbocycles. The zero-order valence-electron chi connectivity index (χ0n) is 7.79. The van der Waals surface area contributed by atoms with Crippen molar-refractivity contribution in [3.8, 4) is 0 Å². The van der Waals surface area contributed by atoms with E-state index in [0.29, 0.717) is 0 Å². The fourth-order valence-electron chi connectivity index (χ4n) is 0.391. The highest BCUT2D eigenvalue weighted by Crippen LogP contribution is 1.93. The maximum absolute atomic E-state index is 9.79. The Morgan fingerprint density at radius 1 is 1.07 bits per heavy atom. The zero-order chi connectivity index (χ0) is 11.8. The van der Waals surface area contributed by atoms with Crippen molar-refractivity contribution in [1.82, 2.24) is 6.15 Å². The third-order valence-corrected chi connectivity index (χ3v) is 0.781. The molecule has 0 aliphatic carbocycles. The molecular weight excluding hydrogens is 232 g/mol. The summed E-state index contributed by atoms with van der Waals surface area (Å²) in [6.07, 6.45) is 0.0866. The van der Waals surface area contributed by atoms with Crippen molar-refractivity contribution in [2.75, 3.05) is 0 Å². The van der Waals surface area contributed by atoms with Gasteiger partial charge < -0.3 is 16.4 Å². The van der Waals surface area contributed by atoms with Gasteiger partial charge in [-0.1, -0.05) is 0 Å². The van der Waals surface area contributed by atoms with E-state index in [1.54, 1.807) is 0 Å². The highest BCUT2D eigenvalue weighted by Gasteiger charge is 1.99. The number of carboxylic acids is 2. The van der Waals surface area contributed by atoms with E-state index < -0.39 is 22.2 Å². The highest BCUT2D eigenvalue weighted by molar-refractivity contribution is 7.83. The van der Waals surface area contributed by atoms with E-state index in [-0.39, 0.29) is 25.4 Å². The first-order chi connectivity index (χ1) is 6.13. The van der Waals surface area contributed by atoms with Crippen LogP contribution in [0.5, 0.6) is 0 Å². The minimum Gasteiger partial charge on any atom is -0.481 e. The molecule has 10 heteroatoms. The Morgan fingerprint density at radius 3 is 1.40 bits per heavy atom. The van der Waals surface area contributed by atoms with E-state index in [1.807, 2.05) is 0 Å². The third-order valence-electron chi connectivity index (χ3n) is 0.781. The van der Waals surface area contributed by atoms with Crippen LogP contribution in [0.15, 0.2) is 0 Å². The molecule has 9 nitrogen and oxygen atoms in total. The molecule has 0 saturated heterocycles. The Balaban J connectivity index is -0.000000208.